The molecular formula is C23H29N3O3. The van der Waals surface area contributed by atoms with Crippen molar-refractivity contribution < 1.29 is 14.3 Å². The van der Waals surface area contributed by atoms with E-state index in [0.717, 1.165) is 59.8 Å². The van der Waals surface area contributed by atoms with Crippen molar-refractivity contribution in [1.82, 2.24) is 15.2 Å². The first-order valence-corrected chi connectivity index (χ1v) is 10.7. The zero-order valence-electron chi connectivity index (χ0n) is 17.2. The molecule has 2 unspecified atom stereocenters. The van der Waals surface area contributed by atoms with Crippen LogP contribution in [0.5, 0.6) is 0 Å². The van der Waals surface area contributed by atoms with Gasteiger partial charge in [-0.1, -0.05) is 25.1 Å². The van der Waals surface area contributed by atoms with E-state index in [1.807, 2.05) is 29.2 Å². The summed E-state index contributed by atoms with van der Waals surface area (Å²) in [4.78, 5) is 32.3. The number of aryl methyl sites for hydroxylation is 1. The summed E-state index contributed by atoms with van der Waals surface area (Å²) in [5.74, 6) is 0.612. The highest BCUT2D eigenvalue weighted by atomic mass is 16.5. The van der Waals surface area contributed by atoms with Crippen molar-refractivity contribution in [3.63, 3.8) is 0 Å². The molecule has 4 rings (SSSR count). The number of aromatic nitrogens is 1. The van der Waals surface area contributed by atoms with Crippen molar-refractivity contribution in [2.24, 2.45) is 5.92 Å². The van der Waals surface area contributed by atoms with Crippen molar-refractivity contribution in [2.45, 2.75) is 52.0 Å². The second kappa shape index (κ2) is 8.39. The molecule has 0 spiro atoms. The monoisotopic (exact) mass is 395 g/mol. The Labute approximate surface area is 171 Å². The summed E-state index contributed by atoms with van der Waals surface area (Å²) in [6, 6.07) is 7.87. The van der Waals surface area contributed by atoms with E-state index >= 15 is 0 Å². The van der Waals surface area contributed by atoms with Crippen LogP contribution in [0.25, 0.3) is 10.9 Å². The third kappa shape index (κ3) is 4.07. The summed E-state index contributed by atoms with van der Waals surface area (Å²) >= 11 is 0. The van der Waals surface area contributed by atoms with Crippen molar-refractivity contribution in [3.8, 4) is 0 Å². The maximum absolute atomic E-state index is 13.7. The van der Waals surface area contributed by atoms with Crippen LogP contribution >= 0.6 is 0 Å². The number of para-hydroxylation sites is 1. The Bertz CT molecular complexity index is 927. The van der Waals surface area contributed by atoms with E-state index in [-0.39, 0.29) is 11.9 Å². The van der Waals surface area contributed by atoms with Gasteiger partial charge in [-0.2, -0.15) is 0 Å². The highest BCUT2D eigenvalue weighted by Gasteiger charge is 2.31. The summed E-state index contributed by atoms with van der Waals surface area (Å²) in [7, 11) is 0. The average molecular weight is 396 g/mol. The van der Waals surface area contributed by atoms with E-state index in [2.05, 4.69) is 12.2 Å². The third-order valence-electron chi connectivity index (χ3n) is 6.03. The predicted molar refractivity (Wildman–Crippen MR) is 112 cm³/mol. The van der Waals surface area contributed by atoms with Gasteiger partial charge in [-0.15, -0.1) is 0 Å². The van der Waals surface area contributed by atoms with Crippen molar-refractivity contribution in [3.05, 3.63) is 41.1 Å². The minimum absolute atomic E-state index is 0.0595. The van der Waals surface area contributed by atoms with Crippen LogP contribution in [0, 0.1) is 5.92 Å². The van der Waals surface area contributed by atoms with Gasteiger partial charge in [0.05, 0.1) is 17.7 Å². The molecule has 1 aromatic heterocycles. The van der Waals surface area contributed by atoms with Gasteiger partial charge in [-0.05, 0) is 56.6 Å². The number of rotatable bonds is 3. The summed E-state index contributed by atoms with van der Waals surface area (Å²) in [6.45, 7) is 5.59. The molecular weight excluding hydrogens is 366 g/mol. The van der Waals surface area contributed by atoms with Crippen LogP contribution in [-0.2, 0) is 17.6 Å². The van der Waals surface area contributed by atoms with Crippen LogP contribution in [0.1, 0.15) is 54.7 Å². The number of benzene rings is 1. The lowest BCUT2D eigenvalue weighted by molar-refractivity contribution is 0.0686. The molecule has 1 fully saturated rings. The molecule has 1 saturated heterocycles. The van der Waals surface area contributed by atoms with Gasteiger partial charge in [-0.3, -0.25) is 9.78 Å². The molecule has 2 aromatic rings. The average Bonchev–Trinajstić information content (AvgIpc) is 2.72. The number of amides is 2. The first kappa shape index (κ1) is 19.7. The predicted octanol–water partition coefficient (Wildman–Crippen LogP) is 3.71. The van der Waals surface area contributed by atoms with E-state index in [1.54, 1.807) is 6.92 Å². The fourth-order valence-corrected chi connectivity index (χ4v) is 4.58. The Morgan fingerprint density at radius 2 is 2.10 bits per heavy atom. The van der Waals surface area contributed by atoms with Crippen LogP contribution in [-0.4, -0.2) is 47.6 Å². The van der Waals surface area contributed by atoms with E-state index in [9.17, 15) is 9.59 Å². The highest BCUT2D eigenvalue weighted by Crippen LogP contribution is 2.32. The Morgan fingerprint density at radius 3 is 2.93 bits per heavy atom. The number of alkyl carbamates (subject to hydrolysis) is 1. The largest absolute Gasteiger partial charge is 0.450 e. The van der Waals surface area contributed by atoms with Crippen molar-refractivity contribution in [1.29, 1.82) is 0 Å². The minimum Gasteiger partial charge on any atom is -0.450 e. The number of nitrogens with one attached hydrogen (secondary N) is 1. The molecule has 1 aromatic carbocycles. The molecule has 2 heterocycles. The number of pyridine rings is 1. The lowest BCUT2D eigenvalue weighted by Gasteiger charge is -2.34. The van der Waals surface area contributed by atoms with Crippen molar-refractivity contribution in [2.75, 3.05) is 19.7 Å². The second-order valence-electron chi connectivity index (χ2n) is 8.23. The molecule has 1 N–H and O–H groups in total. The third-order valence-corrected chi connectivity index (χ3v) is 6.03. The molecule has 1 aliphatic carbocycles. The topological polar surface area (TPSA) is 71.5 Å². The second-order valence-corrected chi connectivity index (χ2v) is 8.23. The molecule has 6 nitrogen and oxygen atoms in total. The molecule has 0 saturated carbocycles. The lowest BCUT2D eigenvalue weighted by Crippen LogP contribution is -2.50. The van der Waals surface area contributed by atoms with Gasteiger partial charge in [0.15, 0.2) is 0 Å². The van der Waals surface area contributed by atoms with Crippen LogP contribution < -0.4 is 5.32 Å². The number of fused-ring (bicyclic) bond motifs is 2. The van der Waals surface area contributed by atoms with Crippen LogP contribution in [0.4, 0.5) is 4.79 Å². The van der Waals surface area contributed by atoms with E-state index in [0.29, 0.717) is 25.6 Å². The van der Waals surface area contributed by atoms with Gasteiger partial charge in [0, 0.05) is 30.2 Å². The molecule has 154 valence electrons. The van der Waals surface area contributed by atoms with Gasteiger partial charge in [0.1, 0.15) is 0 Å². The fourth-order valence-electron chi connectivity index (χ4n) is 4.58. The number of hydrogen-bond acceptors (Lipinski definition) is 4. The van der Waals surface area contributed by atoms with Gasteiger partial charge in [-0.25, -0.2) is 4.79 Å². The smallest absolute Gasteiger partial charge is 0.407 e. The fraction of sp³-hybridized carbons (Fsp3) is 0.522. The quantitative estimate of drug-likeness (QED) is 0.860. The van der Waals surface area contributed by atoms with Crippen molar-refractivity contribution >= 4 is 22.9 Å². The number of likely N-dealkylation sites (tertiary alicyclic amines) is 1. The zero-order chi connectivity index (χ0) is 20.4. The maximum Gasteiger partial charge on any atom is 0.407 e. The molecule has 0 bridgehead atoms. The molecule has 29 heavy (non-hydrogen) atoms. The molecule has 1 aliphatic heterocycles. The Kier molecular flexibility index (Phi) is 5.69. The van der Waals surface area contributed by atoms with Gasteiger partial charge >= 0.3 is 6.09 Å². The molecule has 0 radical (unpaired) electrons. The molecule has 2 atom stereocenters. The number of hydrogen-bond donors (Lipinski definition) is 1. The highest BCUT2D eigenvalue weighted by molar-refractivity contribution is 6.07. The van der Waals surface area contributed by atoms with Crippen LogP contribution in [0.2, 0.25) is 0 Å². The summed E-state index contributed by atoms with van der Waals surface area (Å²) in [6.07, 6.45) is 4.24. The van der Waals surface area contributed by atoms with E-state index in [1.165, 1.54) is 0 Å². The zero-order valence-corrected chi connectivity index (χ0v) is 17.2. The first-order valence-electron chi connectivity index (χ1n) is 10.7. The van der Waals surface area contributed by atoms with Gasteiger partial charge in [0.25, 0.3) is 5.91 Å². The number of ether oxygens (including phenoxy) is 1. The molecule has 2 amide bonds. The minimum atomic E-state index is -0.410. The summed E-state index contributed by atoms with van der Waals surface area (Å²) in [5, 5.41) is 3.83. The summed E-state index contributed by atoms with van der Waals surface area (Å²) < 4.78 is 5.01. The van der Waals surface area contributed by atoms with Gasteiger partial charge < -0.3 is 15.0 Å². The summed E-state index contributed by atoms with van der Waals surface area (Å²) in [5.41, 5.74) is 3.90. The van der Waals surface area contributed by atoms with Crippen LogP contribution in [0.15, 0.2) is 24.3 Å². The maximum atomic E-state index is 13.7. The van der Waals surface area contributed by atoms with Gasteiger partial charge in [0.2, 0.25) is 0 Å². The van der Waals surface area contributed by atoms with Crippen LogP contribution in [0.3, 0.4) is 0 Å². The molecule has 2 aliphatic rings. The standard InChI is InChI=1S/C23H29N3O3/c1-3-29-23(28)24-16-7-6-12-26(14-16)22(27)21-17-8-4-5-9-19(17)25-20-11-10-15(2)13-18(20)21/h4-5,8-9,15-16H,3,6-7,10-14H2,1-2H3,(H,24,28). The number of piperidine rings is 1. The first-order chi connectivity index (χ1) is 14.1. The number of carbonyl (C=O) groups is 2. The Hall–Kier alpha value is -2.63. The number of carbonyl (C=O) groups excluding carboxylic acids is 2. The Morgan fingerprint density at radius 1 is 1.28 bits per heavy atom. The number of nitrogens with zero attached hydrogens (tertiary/aromatic N) is 2. The van der Waals surface area contributed by atoms with E-state index in [4.69, 9.17) is 9.72 Å². The van der Waals surface area contributed by atoms with E-state index < -0.39 is 6.09 Å². The lowest BCUT2D eigenvalue weighted by atomic mass is 9.83. The SMILES string of the molecule is CCOC(=O)NC1CCCN(C(=O)c2c3c(nc4ccccc24)CCC(C)C3)C1. The Balaban J connectivity index is 1.66. The normalized spacial score (nSPS) is 21.5. The molecule has 6 heteroatoms.